The molecule has 3 rings (SSSR count). The average Bonchev–Trinajstić information content (AvgIpc) is 3.01. The van der Waals surface area contributed by atoms with Crippen molar-refractivity contribution in [3.05, 3.63) is 69.0 Å². The number of alkyl halides is 2. The van der Waals surface area contributed by atoms with Gasteiger partial charge in [0.15, 0.2) is 5.60 Å². The topological polar surface area (TPSA) is 73.3 Å². The number of ether oxygens (including phenoxy) is 2. The third kappa shape index (κ3) is 3.85. The molecule has 0 amide bonds. The van der Waals surface area contributed by atoms with Crippen LogP contribution in [0.5, 0.6) is 0 Å². The fraction of sp³-hybridized carbons (Fsp3) is 0.412. The van der Waals surface area contributed by atoms with Crippen molar-refractivity contribution in [3.63, 3.8) is 0 Å². The molecule has 0 aliphatic carbocycles. The number of hydrogen-bond donors (Lipinski definition) is 1. The van der Waals surface area contributed by atoms with Crippen LogP contribution in [0.2, 0.25) is 0 Å². The number of nitrogens with zero attached hydrogens (tertiary/aromatic N) is 1. The number of hydrogen-bond acceptors (Lipinski definition) is 4. The van der Waals surface area contributed by atoms with Gasteiger partial charge in [0.1, 0.15) is 6.23 Å². The lowest BCUT2D eigenvalue weighted by Crippen LogP contribution is -2.43. The zero-order valence-electron chi connectivity index (χ0n) is 13.4. The summed E-state index contributed by atoms with van der Waals surface area (Å²) in [5.41, 5.74) is -2.13. The lowest BCUT2D eigenvalue weighted by Gasteiger charge is -2.28. The molecule has 2 unspecified atom stereocenters. The molecule has 2 aromatic rings. The second-order valence-corrected chi connectivity index (χ2v) is 5.97. The molecule has 134 valence electrons. The van der Waals surface area contributed by atoms with Crippen LogP contribution in [0.25, 0.3) is 0 Å². The first-order chi connectivity index (χ1) is 12.0. The van der Waals surface area contributed by atoms with Crippen molar-refractivity contribution >= 4 is 0 Å². The molecule has 1 aromatic carbocycles. The highest BCUT2D eigenvalue weighted by molar-refractivity contribution is 5.13. The van der Waals surface area contributed by atoms with Gasteiger partial charge in [0, 0.05) is 12.3 Å². The van der Waals surface area contributed by atoms with E-state index in [-0.39, 0.29) is 26.1 Å². The highest BCUT2D eigenvalue weighted by Crippen LogP contribution is 2.40. The van der Waals surface area contributed by atoms with E-state index in [4.69, 9.17) is 9.47 Å². The van der Waals surface area contributed by atoms with Gasteiger partial charge in [-0.05, 0) is 18.4 Å². The third-order valence-electron chi connectivity index (χ3n) is 4.20. The minimum absolute atomic E-state index is 0.0513. The molecule has 25 heavy (non-hydrogen) atoms. The summed E-state index contributed by atoms with van der Waals surface area (Å²) in [6, 6.07) is 10.4. The lowest BCUT2D eigenvalue weighted by molar-refractivity contribution is -0.180. The predicted molar refractivity (Wildman–Crippen MR) is 85.5 cm³/mol. The Morgan fingerprint density at radius 1 is 1.28 bits per heavy atom. The van der Waals surface area contributed by atoms with E-state index in [1.807, 2.05) is 30.3 Å². The summed E-state index contributed by atoms with van der Waals surface area (Å²) < 4.78 is 39.3. The Bertz CT molecular complexity index is 821. The van der Waals surface area contributed by atoms with Crippen LogP contribution >= 0.6 is 0 Å². The number of aromatic nitrogens is 2. The first-order valence-electron chi connectivity index (χ1n) is 7.89. The number of H-pyrrole nitrogens is 1. The number of benzene rings is 1. The summed E-state index contributed by atoms with van der Waals surface area (Å²) in [6.45, 7) is -0.0872. The van der Waals surface area contributed by atoms with Gasteiger partial charge in [-0.25, -0.2) is 13.6 Å². The van der Waals surface area contributed by atoms with Gasteiger partial charge in [-0.2, -0.15) is 0 Å². The maximum atomic E-state index is 13.6. The lowest BCUT2D eigenvalue weighted by atomic mass is 10.0. The van der Waals surface area contributed by atoms with Crippen LogP contribution in [-0.4, -0.2) is 28.2 Å². The Balaban J connectivity index is 1.69. The summed E-state index contributed by atoms with van der Waals surface area (Å²) in [6.07, 6.45) is -2.09. The quantitative estimate of drug-likeness (QED) is 0.864. The number of aromatic amines is 1. The van der Waals surface area contributed by atoms with Gasteiger partial charge in [0.05, 0.1) is 13.2 Å². The molecular formula is C17H18F2N2O4. The summed E-state index contributed by atoms with van der Waals surface area (Å²) in [4.78, 5) is 25.0. The van der Waals surface area contributed by atoms with Crippen molar-refractivity contribution < 1.29 is 18.3 Å². The molecule has 1 fully saturated rings. The van der Waals surface area contributed by atoms with Gasteiger partial charge in [-0.1, -0.05) is 30.3 Å². The Labute approximate surface area is 142 Å². The largest absolute Gasteiger partial charge is 0.374 e. The molecule has 0 spiro atoms. The second kappa shape index (κ2) is 7.28. The molecule has 1 saturated heterocycles. The smallest absolute Gasteiger partial charge is 0.330 e. The van der Waals surface area contributed by atoms with E-state index in [0.29, 0.717) is 0 Å². The molecule has 0 bridgehead atoms. The van der Waals surface area contributed by atoms with Crippen LogP contribution in [0.3, 0.4) is 0 Å². The van der Waals surface area contributed by atoms with Crippen LogP contribution in [0.1, 0.15) is 24.6 Å². The van der Waals surface area contributed by atoms with Crippen molar-refractivity contribution in [2.24, 2.45) is 0 Å². The third-order valence-corrected chi connectivity index (χ3v) is 4.20. The van der Waals surface area contributed by atoms with E-state index in [2.05, 4.69) is 4.98 Å². The van der Waals surface area contributed by atoms with Crippen molar-refractivity contribution in [1.82, 2.24) is 9.55 Å². The summed E-state index contributed by atoms with van der Waals surface area (Å²) in [7, 11) is 0. The Morgan fingerprint density at radius 3 is 2.72 bits per heavy atom. The van der Waals surface area contributed by atoms with Crippen LogP contribution in [0.4, 0.5) is 8.78 Å². The van der Waals surface area contributed by atoms with Crippen molar-refractivity contribution in [3.8, 4) is 0 Å². The van der Waals surface area contributed by atoms with Crippen molar-refractivity contribution in [1.29, 1.82) is 0 Å². The van der Waals surface area contributed by atoms with Crippen molar-refractivity contribution in [2.45, 2.75) is 37.7 Å². The normalized spacial score (nSPS) is 23.2. The van der Waals surface area contributed by atoms with E-state index in [9.17, 15) is 18.4 Å². The fourth-order valence-electron chi connectivity index (χ4n) is 2.85. The molecule has 0 saturated carbocycles. The van der Waals surface area contributed by atoms with Gasteiger partial charge < -0.3 is 9.47 Å². The fourth-order valence-corrected chi connectivity index (χ4v) is 2.85. The highest BCUT2D eigenvalue weighted by Gasteiger charge is 2.49. The Kier molecular flexibility index (Phi) is 5.10. The van der Waals surface area contributed by atoms with E-state index in [1.165, 1.54) is 6.20 Å². The predicted octanol–water partition coefficient (Wildman–Crippen LogP) is 2.07. The summed E-state index contributed by atoms with van der Waals surface area (Å²) in [5, 5.41) is 0. The number of halogens is 2. The molecule has 1 N–H and O–H groups in total. The highest BCUT2D eigenvalue weighted by atomic mass is 19.3. The van der Waals surface area contributed by atoms with Crippen LogP contribution < -0.4 is 11.2 Å². The minimum atomic E-state index is -2.76. The molecule has 8 heteroatoms. The molecule has 2 heterocycles. The zero-order valence-corrected chi connectivity index (χ0v) is 13.4. The summed E-state index contributed by atoms with van der Waals surface area (Å²) >= 11 is 0. The van der Waals surface area contributed by atoms with E-state index < -0.39 is 29.5 Å². The standard InChI is InChI=1S/C17H18F2N2O4/c18-15(19)17(11-24-10-12-4-2-1-3-5-12)8-6-14(25-17)21-9-7-13(22)20-16(21)23/h1-5,7,9,14-15H,6,8,10-11H2,(H,20,22,23). The van der Waals surface area contributed by atoms with Gasteiger partial charge in [0.2, 0.25) is 0 Å². The Morgan fingerprint density at radius 2 is 2.04 bits per heavy atom. The van der Waals surface area contributed by atoms with Gasteiger partial charge in [-0.3, -0.25) is 14.3 Å². The first kappa shape index (κ1) is 17.5. The van der Waals surface area contributed by atoms with E-state index in [0.717, 1.165) is 16.2 Å². The number of nitrogens with one attached hydrogen (secondary N) is 1. The maximum absolute atomic E-state index is 13.6. The molecular weight excluding hydrogens is 334 g/mol. The van der Waals surface area contributed by atoms with Crippen LogP contribution in [0.15, 0.2) is 52.2 Å². The minimum Gasteiger partial charge on any atom is -0.374 e. The van der Waals surface area contributed by atoms with E-state index >= 15 is 0 Å². The van der Waals surface area contributed by atoms with Gasteiger partial charge in [0.25, 0.3) is 12.0 Å². The molecule has 1 aromatic heterocycles. The first-order valence-corrected chi connectivity index (χ1v) is 7.89. The number of rotatable bonds is 6. The van der Waals surface area contributed by atoms with Gasteiger partial charge >= 0.3 is 5.69 Å². The van der Waals surface area contributed by atoms with Gasteiger partial charge in [-0.15, -0.1) is 0 Å². The summed E-state index contributed by atoms with van der Waals surface area (Å²) in [5.74, 6) is 0. The van der Waals surface area contributed by atoms with Crippen LogP contribution in [-0.2, 0) is 16.1 Å². The maximum Gasteiger partial charge on any atom is 0.330 e. The molecule has 2 atom stereocenters. The van der Waals surface area contributed by atoms with Crippen molar-refractivity contribution in [2.75, 3.05) is 6.61 Å². The second-order valence-electron chi connectivity index (χ2n) is 5.97. The molecule has 1 aliphatic heterocycles. The molecule has 1 aliphatic rings. The molecule has 6 nitrogen and oxygen atoms in total. The zero-order chi connectivity index (χ0) is 17.9. The van der Waals surface area contributed by atoms with E-state index in [1.54, 1.807) is 0 Å². The average molecular weight is 352 g/mol. The van der Waals surface area contributed by atoms with Crippen LogP contribution in [0, 0.1) is 0 Å². The SMILES string of the molecule is O=c1ccn(C2CCC(COCc3ccccc3)(C(F)F)O2)c(=O)[nH]1. The monoisotopic (exact) mass is 352 g/mol. The Hall–Kier alpha value is -2.32. The molecule has 0 radical (unpaired) electrons.